The van der Waals surface area contributed by atoms with Crippen molar-refractivity contribution in [2.45, 2.75) is 0 Å². The van der Waals surface area contributed by atoms with E-state index in [1.54, 1.807) is 12.1 Å². The van der Waals surface area contributed by atoms with Crippen molar-refractivity contribution in [3.63, 3.8) is 0 Å². The number of anilines is 2. The molecule has 3 aromatic carbocycles. The van der Waals surface area contributed by atoms with Gasteiger partial charge < -0.3 is 14.8 Å². The Labute approximate surface area is 191 Å². The van der Waals surface area contributed by atoms with Gasteiger partial charge in [0, 0.05) is 38.4 Å². The second-order valence-corrected chi connectivity index (χ2v) is 8.15. The Hall–Kier alpha value is -3.36. The van der Waals surface area contributed by atoms with Crippen LogP contribution in [0.15, 0.2) is 54.6 Å². The number of thiophene rings is 1. The first-order valence-corrected chi connectivity index (χ1v) is 10.6. The SMILES string of the molecule is COc1cc2sc(NC(=O)Nc3ccc(F)cc3F)c(-c3ccccc3Cl)c2cc1OC. The van der Waals surface area contributed by atoms with Gasteiger partial charge in [0.05, 0.1) is 19.9 Å². The summed E-state index contributed by atoms with van der Waals surface area (Å²) in [7, 11) is 3.07. The fraction of sp³-hybridized carbons (Fsp3) is 0.0870. The lowest BCUT2D eigenvalue weighted by atomic mass is 10.0. The van der Waals surface area contributed by atoms with Gasteiger partial charge in [-0.25, -0.2) is 13.6 Å². The maximum absolute atomic E-state index is 14.0. The molecule has 1 aromatic heterocycles. The lowest BCUT2D eigenvalue weighted by molar-refractivity contribution is 0.262. The standard InChI is InChI=1S/C23H17ClF2N2O3S/c1-30-18-10-14-20(11-19(18)31-2)32-22(21(14)13-5-3-4-6-15(13)24)28-23(29)27-17-8-7-12(25)9-16(17)26/h3-11H,1-2H3,(H2,27,28,29). The highest BCUT2D eigenvalue weighted by atomic mass is 35.5. The van der Waals surface area contributed by atoms with Crippen molar-refractivity contribution in [1.82, 2.24) is 0 Å². The zero-order valence-corrected chi connectivity index (χ0v) is 18.5. The van der Waals surface area contributed by atoms with Crippen LogP contribution in [0.3, 0.4) is 0 Å². The summed E-state index contributed by atoms with van der Waals surface area (Å²) >= 11 is 7.76. The molecule has 0 atom stereocenters. The predicted octanol–water partition coefficient (Wildman–Crippen LogP) is 7.16. The molecule has 2 amide bonds. The largest absolute Gasteiger partial charge is 0.493 e. The minimum absolute atomic E-state index is 0.146. The van der Waals surface area contributed by atoms with E-state index in [-0.39, 0.29) is 5.69 Å². The highest BCUT2D eigenvalue weighted by Gasteiger charge is 2.21. The Bertz CT molecular complexity index is 1330. The van der Waals surface area contributed by atoms with Gasteiger partial charge in [0.2, 0.25) is 0 Å². The molecule has 0 fully saturated rings. The van der Waals surface area contributed by atoms with Crippen LogP contribution in [-0.2, 0) is 0 Å². The molecule has 32 heavy (non-hydrogen) atoms. The van der Waals surface area contributed by atoms with Crippen molar-refractivity contribution in [2.24, 2.45) is 0 Å². The van der Waals surface area contributed by atoms with E-state index in [0.717, 1.165) is 22.2 Å². The number of nitrogens with one attached hydrogen (secondary N) is 2. The van der Waals surface area contributed by atoms with E-state index in [1.807, 2.05) is 24.3 Å². The van der Waals surface area contributed by atoms with Gasteiger partial charge in [-0.15, -0.1) is 11.3 Å². The first kappa shape index (κ1) is 21.9. The number of rotatable bonds is 5. The molecule has 0 unspecified atom stereocenters. The number of halogens is 3. The molecule has 0 spiro atoms. The lowest BCUT2D eigenvalue weighted by Gasteiger charge is -2.11. The molecule has 5 nitrogen and oxygen atoms in total. The monoisotopic (exact) mass is 474 g/mol. The molecule has 0 radical (unpaired) electrons. The summed E-state index contributed by atoms with van der Waals surface area (Å²) in [5.74, 6) is -0.550. The van der Waals surface area contributed by atoms with Crippen molar-refractivity contribution in [1.29, 1.82) is 0 Å². The van der Waals surface area contributed by atoms with Crippen LogP contribution in [0.5, 0.6) is 11.5 Å². The number of hydrogen-bond acceptors (Lipinski definition) is 4. The van der Waals surface area contributed by atoms with Gasteiger partial charge in [-0.05, 0) is 24.3 Å². The van der Waals surface area contributed by atoms with E-state index in [4.69, 9.17) is 21.1 Å². The molecule has 0 bridgehead atoms. The fourth-order valence-corrected chi connectivity index (χ4v) is 4.64. The predicted molar refractivity (Wildman–Crippen MR) is 124 cm³/mol. The summed E-state index contributed by atoms with van der Waals surface area (Å²) in [6.45, 7) is 0. The van der Waals surface area contributed by atoms with Gasteiger partial charge in [0.25, 0.3) is 0 Å². The highest BCUT2D eigenvalue weighted by molar-refractivity contribution is 7.23. The Morgan fingerprint density at radius 3 is 2.38 bits per heavy atom. The van der Waals surface area contributed by atoms with Crippen LogP contribution in [-0.4, -0.2) is 20.3 Å². The molecule has 2 N–H and O–H groups in total. The van der Waals surface area contributed by atoms with Gasteiger partial charge in [-0.2, -0.15) is 0 Å². The topological polar surface area (TPSA) is 59.6 Å². The van der Waals surface area contributed by atoms with E-state index in [9.17, 15) is 13.6 Å². The average Bonchev–Trinajstić information content (AvgIpc) is 3.11. The van der Waals surface area contributed by atoms with E-state index < -0.39 is 17.7 Å². The number of ether oxygens (including phenoxy) is 2. The summed E-state index contributed by atoms with van der Waals surface area (Å²) in [4.78, 5) is 12.7. The van der Waals surface area contributed by atoms with Crippen LogP contribution in [0.25, 0.3) is 21.2 Å². The third-order valence-corrected chi connectivity index (χ3v) is 6.14. The molecule has 164 valence electrons. The molecule has 1 heterocycles. The van der Waals surface area contributed by atoms with E-state index in [0.29, 0.717) is 38.7 Å². The van der Waals surface area contributed by atoms with Gasteiger partial charge in [0.1, 0.15) is 16.6 Å². The zero-order chi connectivity index (χ0) is 22.8. The maximum Gasteiger partial charge on any atom is 0.324 e. The van der Waals surface area contributed by atoms with E-state index in [2.05, 4.69) is 10.6 Å². The average molecular weight is 475 g/mol. The Morgan fingerprint density at radius 1 is 0.969 bits per heavy atom. The van der Waals surface area contributed by atoms with Crippen LogP contribution < -0.4 is 20.1 Å². The summed E-state index contributed by atoms with van der Waals surface area (Å²) in [6, 6.07) is 13.1. The number of hydrogen-bond donors (Lipinski definition) is 2. The minimum atomic E-state index is -0.878. The number of amides is 2. The third kappa shape index (κ3) is 4.19. The molecule has 0 aliphatic carbocycles. The molecule has 0 aliphatic heterocycles. The van der Waals surface area contributed by atoms with Gasteiger partial charge >= 0.3 is 6.03 Å². The van der Waals surface area contributed by atoms with E-state index >= 15 is 0 Å². The molecule has 4 aromatic rings. The number of fused-ring (bicyclic) bond motifs is 1. The molecular weight excluding hydrogens is 458 g/mol. The zero-order valence-electron chi connectivity index (χ0n) is 17.0. The number of carbonyl (C=O) groups is 1. The van der Waals surface area contributed by atoms with Crippen molar-refractivity contribution in [3.05, 3.63) is 71.3 Å². The van der Waals surface area contributed by atoms with Crippen LogP contribution in [0.2, 0.25) is 5.02 Å². The summed E-state index contributed by atoms with van der Waals surface area (Å²) in [5, 5.41) is 6.94. The maximum atomic E-state index is 14.0. The van der Waals surface area contributed by atoms with Crippen molar-refractivity contribution >= 4 is 49.7 Å². The van der Waals surface area contributed by atoms with Crippen LogP contribution in [0, 0.1) is 11.6 Å². The molecular formula is C23H17ClF2N2O3S. The highest BCUT2D eigenvalue weighted by Crippen LogP contribution is 2.48. The smallest absolute Gasteiger partial charge is 0.324 e. The van der Waals surface area contributed by atoms with Gasteiger partial charge in [-0.1, -0.05) is 29.8 Å². The minimum Gasteiger partial charge on any atom is -0.493 e. The molecule has 0 aliphatic rings. The number of benzene rings is 3. The third-order valence-electron chi connectivity index (χ3n) is 4.74. The van der Waals surface area contributed by atoms with Crippen LogP contribution in [0.1, 0.15) is 0 Å². The van der Waals surface area contributed by atoms with Gasteiger partial charge in [-0.3, -0.25) is 5.32 Å². The number of methoxy groups -OCH3 is 2. The Balaban J connectivity index is 1.80. The fourth-order valence-electron chi connectivity index (χ4n) is 3.29. The lowest BCUT2D eigenvalue weighted by Crippen LogP contribution is -2.20. The van der Waals surface area contributed by atoms with Crippen molar-refractivity contribution in [3.8, 4) is 22.6 Å². The molecule has 0 saturated carbocycles. The van der Waals surface area contributed by atoms with Gasteiger partial charge in [0.15, 0.2) is 11.5 Å². The van der Waals surface area contributed by atoms with E-state index in [1.165, 1.54) is 25.6 Å². The van der Waals surface area contributed by atoms with Crippen molar-refractivity contribution in [2.75, 3.05) is 24.9 Å². The molecule has 9 heteroatoms. The first-order chi connectivity index (χ1) is 15.4. The molecule has 0 saturated heterocycles. The molecule has 4 rings (SSSR count). The first-order valence-electron chi connectivity index (χ1n) is 9.37. The Kier molecular flexibility index (Phi) is 6.16. The number of carbonyl (C=O) groups excluding carboxylic acids is 1. The second-order valence-electron chi connectivity index (χ2n) is 6.69. The summed E-state index contributed by atoms with van der Waals surface area (Å²) < 4.78 is 38.8. The summed E-state index contributed by atoms with van der Waals surface area (Å²) in [6.07, 6.45) is 0. The van der Waals surface area contributed by atoms with Crippen molar-refractivity contribution < 1.29 is 23.0 Å². The normalized spacial score (nSPS) is 10.8. The summed E-state index contributed by atoms with van der Waals surface area (Å²) in [5.41, 5.74) is 1.25. The number of urea groups is 1. The van der Waals surface area contributed by atoms with Crippen LogP contribution >= 0.6 is 22.9 Å². The van der Waals surface area contributed by atoms with Crippen LogP contribution in [0.4, 0.5) is 24.3 Å². The quantitative estimate of drug-likeness (QED) is 0.322. The Morgan fingerprint density at radius 2 is 1.69 bits per heavy atom. The second kappa shape index (κ2) is 9.02.